The molecule has 0 aromatic carbocycles. The second-order valence-electron chi connectivity index (χ2n) is 6.48. The van der Waals surface area contributed by atoms with Gasteiger partial charge in [0, 0.05) is 19.1 Å². The molecule has 6 nitrogen and oxygen atoms in total. The number of carbonyl (C=O) groups excluding carboxylic acids is 2. The number of rotatable bonds is 10. The fraction of sp³-hybridized carbons (Fsp3) is 0.889. The average molecular weight is 341 g/mol. The Hall–Kier alpha value is -1.30. The Labute approximate surface area is 146 Å². The van der Waals surface area contributed by atoms with Crippen molar-refractivity contribution in [2.45, 2.75) is 64.8 Å². The Kier molecular flexibility index (Phi) is 10.5. The molecular formula is C18H35N3O3. The van der Waals surface area contributed by atoms with E-state index in [0.29, 0.717) is 13.1 Å². The molecule has 1 saturated carbocycles. The number of esters is 1. The van der Waals surface area contributed by atoms with E-state index in [9.17, 15) is 9.59 Å². The molecule has 1 N–H and O–H groups in total. The number of ether oxygens (including phenoxy) is 1. The molecule has 1 rings (SSSR count). The van der Waals surface area contributed by atoms with Crippen molar-refractivity contribution in [3.63, 3.8) is 0 Å². The zero-order chi connectivity index (χ0) is 17.8. The number of hydrogen-bond acceptors (Lipinski definition) is 4. The molecule has 1 fully saturated rings. The van der Waals surface area contributed by atoms with Crippen LogP contribution in [-0.4, -0.2) is 67.7 Å². The average Bonchev–Trinajstić information content (AvgIpc) is 2.61. The molecule has 0 bridgehead atoms. The van der Waals surface area contributed by atoms with E-state index in [1.807, 2.05) is 0 Å². The lowest BCUT2D eigenvalue weighted by Crippen LogP contribution is -2.47. The molecule has 0 aliphatic heterocycles. The SMILES string of the molecule is CCN(CC)CCCN(CCC(=O)OC)C(=O)NC1CCCCC1. The van der Waals surface area contributed by atoms with Crippen molar-refractivity contribution >= 4 is 12.0 Å². The minimum atomic E-state index is -0.269. The summed E-state index contributed by atoms with van der Waals surface area (Å²) in [5, 5.41) is 3.15. The minimum Gasteiger partial charge on any atom is -0.469 e. The molecule has 0 spiro atoms. The van der Waals surface area contributed by atoms with Crippen LogP contribution >= 0.6 is 0 Å². The molecule has 0 atom stereocenters. The topological polar surface area (TPSA) is 61.9 Å². The fourth-order valence-corrected chi connectivity index (χ4v) is 3.18. The van der Waals surface area contributed by atoms with Crippen LogP contribution in [0.15, 0.2) is 0 Å². The molecule has 1 aliphatic rings. The maximum Gasteiger partial charge on any atom is 0.317 e. The van der Waals surface area contributed by atoms with Gasteiger partial charge >= 0.3 is 12.0 Å². The highest BCUT2D eigenvalue weighted by molar-refractivity contribution is 5.76. The van der Waals surface area contributed by atoms with Crippen molar-refractivity contribution in [1.82, 2.24) is 15.1 Å². The summed E-state index contributed by atoms with van der Waals surface area (Å²) in [6.07, 6.45) is 6.94. The maximum absolute atomic E-state index is 12.6. The largest absolute Gasteiger partial charge is 0.469 e. The van der Waals surface area contributed by atoms with Gasteiger partial charge in [0.1, 0.15) is 0 Å². The van der Waals surface area contributed by atoms with Gasteiger partial charge < -0.3 is 19.9 Å². The van der Waals surface area contributed by atoms with Gasteiger partial charge in [-0.25, -0.2) is 4.79 Å². The first kappa shape index (κ1) is 20.7. The van der Waals surface area contributed by atoms with Gasteiger partial charge in [-0.2, -0.15) is 0 Å². The highest BCUT2D eigenvalue weighted by Crippen LogP contribution is 2.17. The standard InChI is InChI=1S/C18H35N3O3/c1-4-20(5-2)13-9-14-21(15-12-17(22)24-3)18(23)19-16-10-7-6-8-11-16/h16H,4-15H2,1-3H3,(H,19,23). The first-order chi connectivity index (χ1) is 11.6. The second kappa shape index (κ2) is 12.1. The Morgan fingerprint density at radius 3 is 2.29 bits per heavy atom. The van der Waals surface area contributed by atoms with Crippen LogP contribution < -0.4 is 5.32 Å². The van der Waals surface area contributed by atoms with E-state index in [4.69, 9.17) is 4.74 Å². The third kappa shape index (κ3) is 7.99. The zero-order valence-electron chi connectivity index (χ0n) is 15.7. The van der Waals surface area contributed by atoms with Gasteiger partial charge in [0.05, 0.1) is 13.5 Å². The molecular weight excluding hydrogens is 306 g/mol. The summed E-state index contributed by atoms with van der Waals surface area (Å²) in [5.41, 5.74) is 0. The van der Waals surface area contributed by atoms with Crippen LogP contribution in [0.1, 0.15) is 58.8 Å². The van der Waals surface area contributed by atoms with Gasteiger partial charge in [-0.1, -0.05) is 33.1 Å². The summed E-state index contributed by atoms with van der Waals surface area (Å²) < 4.78 is 4.70. The van der Waals surface area contributed by atoms with Crippen LogP contribution in [0.4, 0.5) is 4.79 Å². The van der Waals surface area contributed by atoms with Gasteiger partial charge in [-0.05, 0) is 38.9 Å². The van der Waals surface area contributed by atoms with Crippen molar-refractivity contribution in [1.29, 1.82) is 0 Å². The molecule has 140 valence electrons. The zero-order valence-corrected chi connectivity index (χ0v) is 15.7. The lowest BCUT2D eigenvalue weighted by molar-refractivity contribution is -0.140. The molecule has 6 heteroatoms. The number of hydrogen-bond donors (Lipinski definition) is 1. The molecule has 0 aromatic heterocycles. The first-order valence-electron chi connectivity index (χ1n) is 9.45. The van der Waals surface area contributed by atoms with Crippen molar-refractivity contribution < 1.29 is 14.3 Å². The Bertz CT molecular complexity index is 367. The van der Waals surface area contributed by atoms with E-state index < -0.39 is 0 Å². The number of methoxy groups -OCH3 is 1. The highest BCUT2D eigenvalue weighted by atomic mass is 16.5. The molecule has 2 amide bonds. The number of urea groups is 1. The summed E-state index contributed by atoms with van der Waals surface area (Å²) in [4.78, 5) is 28.1. The Morgan fingerprint density at radius 2 is 1.71 bits per heavy atom. The van der Waals surface area contributed by atoms with E-state index in [1.165, 1.54) is 26.4 Å². The smallest absolute Gasteiger partial charge is 0.317 e. The van der Waals surface area contributed by atoms with Crippen LogP contribution in [0.3, 0.4) is 0 Å². The molecule has 0 heterocycles. The fourth-order valence-electron chi connectivity index (χ4n) is 3.18. The van der Waals surface area contributed by atoms with Gasteiger partial charge in [0.15, 0.2) is 0 Å². The molecule has 24 heavy (non-hydrogen) atoms. The summed E-state index contributed by atoms with van der Waals surface area (Å²) in [6, 6.07) is 0.250. The van der Waals surface area contributed by atoms with Crippen molar-refractivity contribution in [2.24, 2.45) is 0 Å². The maximum atomic E-state index is 12.6. The third-order valence-corrected chi connectivity index (χ3v) is 4.83. The lowest BCUT2D eigenvalue weighted by Gasteiger charge is -2.29. The van der Waals surface area contributed by atoms with Crippen LogP contribution in [0.5, 0.6) is 0 Å². The van der Waals surface area contributed by atoms with Crippen molar-refractivity contribution in [2.75, 3.05) is 39.8 Å². The number of nitrogens with zero attached hydrogens (tertiary/aromatic N) is 2. The number of amides is 2. The quantitative estimate of drug-likeness (QED) is 0.621. The Morgan fingerprint density at radius 1 is 1.04 bits per heavy atom. The normalized spacial score (nSPS) is 15.3. The number of nitrogens with one attached hydrogen (secondary N) is 1. The minimum absolute atomic E-state index is 0.0367. The molecule has 0 saturated heterocycles. The summed E-state index contributed by atoms with van der Waals surface area (Å²) in [5.74, 6) is -0.269. The van der Waals surface area contributed by atoms with E-state index >= 15 is 0 Å². The van der Waals surface area contributed by atoms with E-state index in [1.54, 1.807) is 4.90 Å². The Balaban J connectivity index is 2.48. The third-order valence-electron chi connectivity index (χ3n) is 4.83. The summed E-state index contributed by atoms with van der Waals surface area (Å²) in [6.45, 7) is 8.40. The highest BCUT2D eigenvalue weighted by Gasteiger charge is 2.20. The number of carbonyl (C=O) groups is 2. The molecule has 1 aliphatic carbocycles. The van der Waals surface area contributed by atoms with Crippen molar-refractivity contribution in [3.8, 4) is 0 Å². The summed E-state index contributed by atoms with van der Waals surface area (Å²) >= 11 is 0. The second-order valence-corrected chi connectivity index (χ2v) is 6.48. The van der Waals surface area contributed by atoms with E-state index in [0.717, 1.165) is 38.9 Å². The van der Waals surface area contributed by atoms with Crippen LogP contribution in [-0.2, 0) is 9.53 Å². The van der Waals surface area contributed by atoms with Gasteiger partial charge in [0.2, 0.25) is 0 Å². The van der Waals surface area contributed by atoms with E-state index in [2.05, 4.69) is 24.1 Å². The van der Waals surface area contributed by atoms with Gasteiger partial charge in [0.25, 0.3) is 0 Å². The summed E-state index contributed by atoms with van der Waals surface area (Å²) in [7, 11) is 1.38. The van der Waals surface area contributed by atoms with Crippen LogP contribution in [0.2, 0.25) is 0 Å². The lowest BCUT2D eigenvalue weighted by atomic mass is 9.96. The molecule has 0 unspecified atom stereocenters. The van der Waals surface area contributed by atoms with Gasteiger partial charge in [-0.3, -0.25) is 4.79 Å². The van der Waals surface area contributed by atoms with Crippen LogP contribution in [0, 0.1) is 0 Å². The van der Waals surface area contributed by atoms with Crippen molar-refractivity contribution in [3.05, 3.63) is 0 Å². The van der Waals surface area contributed by atoms with Gasteiger partial charge in [-0.15, -0.1) is 0 Å². The molecule has 0 aromatic rings. The van der Waals surface area contributed by atoms with E-state index in [-0.39, 0.29) is 24.5 Å². The predicted molar refractivity (Wildman–Crippen MR) is 96.0 cm³/mol. The monoisotopic (exact) mass is 341 g/mol. The van der Waals surface area contributed by atoms with Crippen LogP contribution in [0.25, 0.3) is 0 Å². The first-order valence-corrected chi connectivity index (χ1v) is 9.45. The molecule has 0 radical (unpaired) electrons. The predicted octanol–water partition coefficient (Wildman–Crippen LogP) is 2.63.